The number of carbonyl (C=O) groups excluding carboxylic acids is 1. The average Bonchev–Trinajstić information content (AvgIpc) is 3.38. The van der Waals surface area contributed by atoms with Gasteiger partial charge < -0.3 is 16.0 Å². The van der Waals surface area contributed by atoms with Gasteiger partial charge in [-0.25, -0.2) is 4.98 Å². The number of rotatable bonds is 6. The molecule has 1 aliphatic carbocycles. The van der Waals surface area contributed by atoms with Crippen molar-refractivity contribution in [3.8, 4) is 0 Å². The van der Waals surface area contributed by atoms with Gasteiger partial charge >= 0.3 is 0 Å². The highest BCUT2D eigenvalue weighted by atomic mass is 31.0. The Hall–Kier alpha value is -2.91. The second kappa shape index (κ2) is 16.1. The van der Waals surface area contributed by atoms with Crippen molar-refractivity contribution in [2.45, 2.75) is 72.1 Å². The monoisotopic (exact) mass is 534 g/mol. The Morgan fingerprint density at radius 3 is 2.26 bits per heavy atom. The van der Waals surface area contributed by atoms with Crippen LogP contribution in [0.2, 0.25) is 0 Å². The summed E-state index contributed by atoms with van der Waals surface area (Å²) in [5.74, 6) is 0.777. The molecule has 1 atom stereocenters. The van der Waals surface area contributed by atoms with Gasteiger partial charge in [-0.05, 0) is 80.9 Å². The second-order valence-corrected chi connectivity index (χ2v) is 11.0. The van der Waals surface area contributed by atoms with E-state index in [1.807, 2.05) is 37.3 Å². The molecule has 1 saturated carbocycles. The molecule has 206 valence electrons. The number of nitrogens with two attached hydrogens (primary N) is 1. The van der Waals surface area contributed by atoms with E-state index in [-0.39, 0.29) is 5.91 Å². The molecule has 0 radical (unpaired) electrons. The van der Waals surface area contributed by atoms with Crippen molar-refractivity contribution in [2.75, 3.05) is 29.0 Å². The van der Waals surface area contributed by atoms with Gasteiger partial charge in [-0.1, -0.05) is 62.6 Å². The Balaban J connectivity index is 0.000000355. The number of pyridine rings is 1. The zero-order chi connectivity index (χ0) is 28.0. The van der Waals surface area contributed by atoms with E-state index in [0.717, 1.165) is 24.2 Å². The number of para-hydroxylation sites is 2. The maximum atomic E-state index is 12.4. The zero-order valence-corrected chi connectivity index (χ0v) is 24.8. The Kier molecular flexibility index (Phi) is 13.3. The van der Waals surface area contributed by atoms with E-state index in [2.05, 4.69) is 51.4 Å². The first-order valence-corrected chi connectivity index (χ1v) is 14.4. The third-order valence-corrected chi connectivity index (χ3v) is 7.85. The van der Waals surface area contributed by atoms with Gasteiger partial charge in [0.15, 0.2) is 0 Å². The van der Waals surface area contributed by atoms with Gasteiger partial charge in [0.05, 0.1) is 16.9 Å². The lowest BCUT2D eigenvalue weighted by atomic mass is 9.77. The minimum atomic E-state index is -0.189. The number of aromatic nitrogens is 1. The van der Waals surface area contributed by atoms with Gasteiger partial charge in [0.25, 0.3) is 5.91 Å². The summed E-state index contributed by atoms with van der Waals surface area (Å²) in [5, 5.41) is 3.99. The average molecular weight is 535 g/mol. The van der Waals surface area contributed by atoms with Gasteiger partial charge in [0.2, 0.25) is 0 Å². The van der Waals surface area contributed by atoms with E-state index in [0.29, 0.717) is 22.4 Å². The number of anilines is 3. The molecule has 1 saturated heterocycles. The lowest BCUT2D eigenvalue weighted by molar-refractivity contribution is 0.102. The number of hydrogen-bond donors (Lipinski definition) is 2. The molecule has 1 aromatic heterocycles. The number of piperidine rings is 1. The standard InChI is InChI=1S/C21H26N4O.C6H12.C5H9P/c22-17-5-1-2-6-18(17)24-20(26)16-7-8-19(23-15-16)25-13-11-21(12-14-25)9-3-4-10-21;1-4-5-6(2)3;1-3-5(6)4-2/h1-2,5-8,15H,3-4,9-14,22H2,(H,24,26);2,4-5H2,1,3H3;3-4H,1,6H2,2H3/b;;5-4+. The molecule has 2 fully saturated rings. The molecule has 1 unspecified atom stereocenters. The normalized spacial score (nSPS) is 16.0. The molecule has 2 heterocycles. The fourth-order valence-corrected chi connectivity index (χ4v) is 4.89. The number of nitrogens with one attached hydrogen (secondary N) is 1. The van der Waals surface area contributed by atoms with Crippen LogP contribution in [0.15, 0.2) is 78.8 Å². The fourth-order valence-electron chi connectivity index (χ4n) is 4.89. The topological polar surface area (TPSA) is 71.2 Å². The highest BCUT2D eigenvalue weighted by molar-refractivity contribution is 7.22. The lowest BCUT2D eigenvalue weighted by Crippen LogP contribution is -2.39. The van der Waals surface area contributed by atoms with Crippen LogP contribution in [0.1, 0.15) is 82.5 Å². The molecule has 1 spiro atoms. The van der Waals surface area contributed by atoms with E-state index < -0.39 is 0 Å². The zero-order valence-electron chi connectivity index (χ0n) is 23.6. The van der Waals surface area contributed by atoms with Crippen molar-refractivity contribution in [3.05, 3.63) is 84.4 Å². The van der Waals surface area contributed by atoms with E-state index in [1.54, 1.807) is 24.4 Å². The molecular formula is C32H47N4OP. The highest BCUT2D eigenvalue weighted by Gasteiger charge is 2.37. The van der Waals surface area contributed by atoms with Crippen molar-refractivity contribution >= 4 is 32.3 Å². The van der Waals surface area contributed by atoms with Crippen molar-refractivity contribution < 1.29 is 4.79 Å². The number of benzene rings is 1. The van der Waals surface area contributed by atoms with Gasteiger partial charge in [-0.2, -0.15) is 0 Å². The third-order valence-electron chi connectivity index (χ3n) is 7.28. The lowest BCUT2D eigenvalue weighted by Gasteiger charge is -2.40. The maximum absolute atomic E-state index is 12.4. The van der Waals surface area contributed by atoms with Gasteiger partial charge in [0.1, 0.15) is 5.82 Å². The van der Waals surface area contributed by atoms with Crippen LogP contribution in [0.3, 0.4) is 0 Å². The highest BCUT2D eigenvalue weighted by Crippen LogP contribution is 2.46. The second-order valence-electron chi connectivity index (χ2n) is 10.3. The van der Waals surface area contributed by atoms with Crippen LogP contribution >= 0.6 is 9.24 Å². The Labute approximate surface area is 232 Å². The summed E-state index contributed by atoms with van der Waals surface area (Å²) in [4.78, 5) is 19.3. The predicted octanol–water partition coefficient (Wildman–Crippen LogP) is 8.39. The fraction of sp³-hybridized carbons (Fsp3) is 0.438. The molecule has 1 amide bonds. The van der Waals surface area contributed by atoms with E-state index >= 15 is 0 Å². The molecule has 0 bridgehead atoms. The molecule has 5 nitrogen and oxygen atoms in total. The molecule has 1 aliphatic heterocycles. The number of allylic oxidation sites excluding steroid dienone is 4. The van der Waals surface area contributed by atoms with Crippen LogP contribution in [-0.4, -0.2) is 24.0 Å². The number of carbonyl (C=O) groups is 1. The molecule has 2 aromatic rings. The van der Waals surface area contributed by atoms with Crippen LogP contribution in [0, 0.1) is 5.41 Å². The van der Waals surface area contributed by atoms with Crippen molar-refractivity contribution in [1.29, 1.82) is 0 Å². The summed E-state index contributed by atoms with van der Waals surface area (Å²) >= 11 is 0. The third kappa shape index (κ3) is 10.1. The van der Waals surface area contributed by atoms with E-state index in [4.69, 9.17) is 5.73 Å². The number of hydrogen-bond acceptors (Lipinski definition) is 4. The minimum absolute atomic E-state index is 0.189. The first-order valence-electron chi connectivity index (χ1n) is 13.8. The summed E-state index contributed by atoms with van der Waals surface area (Å²) in [5.41, 5.74) is 9.50. The van der Waals surface area contributed by atoms with E-state index in [9.17, 15) is 4.79 Å². The van der Waals surface area contributed by atoms with Crippen LogP contribution in [-0.2, 0) is 0 Å². The van der Waals surface area contributed by atoms with Crippen molar-refractivity contribution in [2.24, 2.45) is 5.41 Å². The SMILES string of the molecule is C=C(C)CCC.C=C/C(P)=C\C.Nc1ccccc1NC(=O)c1ccc(N2CCC3(CCCC3)CC2)nc1. The van der Waals surface area contributed by atoms with Gasteiger partial charge in [-0.15, -0.1) is 15.8 Å². The Morgan fingerprint density at radius 1 is 1.16 bits per heavy atom. The molecule has 4 rings (SSSR count). The summed E-state index contributed by atoms with van der Waals surface area (Å²) < 4.78 is 0. The number of nitrogens with zero attached hydrogens (tertiary/aromatic N) is 2. The summed E-state index contributed by atoms with van der Waals surface area (Å²) in [7, 11) is 2.55. The van der Waals surface area contributed by atoms with Gasteiger partial charge in [-0.3, -0.25) is 4.79 Å². The summed E-state index contributed by atoms with van der Waals surface area (Å²) in [6, 6.07) is 11.1. The smallest absolute Gasteiger partial charge is 0.257 e. The Bertz CT molecular complexity index is 1060. The molecule has 1 aromatic carbocycles. The molecular weight excluding hydrogens is 487 g/mol. The molecule has 38 heavy (non-hydrogen) atoms. The van der Waals surface area contributed by atoms with Gasteiger partial charge in [0, 0.05) is 19.3 Å². The minimum Gasteiger partial charge on any atom is -0.397 e. The van der Waals surface area contributed by atoms with Crippen LogP contribution in [0.4, 0.5) is 17.2 Å². The number of amides is 1. The summed E-state index contributed by atoms with van der Waals surface area (Å²) in [6.07, 6.45) is 16.0. The largest absolute Gasteiger partial charge is 0.397 e. The molecule has 2 aliphatic rings. The quantitative estimate of drug-likeness (QED) is 0.169. The van der Waals surface area contributed by atoms with E-state index in [1.165, 1.54) is 56.9 Å². The van der Waals surface area contributed by atoms with Crippen molar-refractivity contribution in [3.63, 3.8) is 0 Å². The first-order chi connectivity index (χ1) is 18.2. The maximum Gasteiger partial charge on any atom is 0.257 e. The van der Waals surface area contributed by atoms with Crippen LogP contribution in [0.5, 0.6) is 0 Å². The van der Waals surface area contributed by atoms with Crippen LogP contribution in [0.25, 0.3) is 0 Å². The molecule has 6 heteroatoms. The summed E-state index contributed by atoms with van der Waals surface area (Å²) in [6.45, 7) is 15.6. The Morgan fingerprint density at radius 2 is 1.82 bits per heavy atom. The van der Waals surface area contributed by atoms with Crippen LogP contribution < -0.4 is 16.0 Å². The molecule has 3 N–H and O–H groups in total. The first kappa shape index (κ1) is 31.3. The van der Waals surface area contributed by atoms with Crippen molar-refractivity contribution in [1.82, 2.24) is 4.98 Å². The number of nitrogen functional groups attached to an aromatic ring is 1. The predicted molar refractivity (Wildman–Crippen MR) is 169 cm³/mol.